The van der Waals surface area contributed by atoms with Crippen LogP contribution in [0.15, 0.2) is 0 Å². The lowest BCUT2D eigenvalue weighted by atomic mass is 9.70. The maximum atomic E-state index is 1.59. The summed E-state index contributed by atoms with van der Waals surface area (Å²) in [6.45, 7) is 0. The fourth-order valence-electron chi connectivity index (χ4n) is 2.47. The van der Waals surface area contributed by atoms with E-state index >= 15 is 0 Å². The van der Waals surface area contributed by atoms with Gasteiger partial charge in [-0.25, -0.2) is 0 Å². The second-order valence-electron chi connectivity index (χ2n) is 4.29. The molecule has 3 aliphatic rings. The fraction of sp³-hybridized carbons (Fsp3) is 1.00. The highest BCUT2D eigenvalue weighted by Crippen LogP contribution is 2.52. The van der Waals surface area contributed by atoms with E-state index in [2.05, 4.69) is 0 Å². The molecular formula is C8H16Si. The van der Waals surface area contributed by atoms with Gasteiger partial charge in [-0.05, 0) is 11.0 Å². The molecule has 0 saturated heterocycles. The van der Waals surface area contributed by atoms with Gasteiger partial charge in [0.05, 0.1) is 0 Å². The summed E-state index contributed by atoms with van der Waals surface area (Å²) in [5, 5.41) is 0.925. The van der Waals surface area contributed by atoms with Crippen molar-refractivity contribution >= 4 is 10.2 Å². The number of hydrogen-bond acceptors (Lipinski definition) is 0. The molecule has 0 radical (unpaired) electrons. The minimum absolute atomic E-state index is 0.925. The maximum Gasteiger partial charge on any atom is 0.0106 e. The van der Waals surface area contributed by atoms with Crippen LogP contribution in [0.2, 0.25) is 5.04 Å². The van der Waals surface area contributed by atoms with Crippen LogP contribution in [0, 0.1) is 5.92 Å². The zero-order chi connectivity index (χ0) is 6.32. The number of hydrogen-bond donors (Lipinski definition) is 0. The van der Waals surface area contributed by atoms with Crippen LogP contribution in [0.25, 0.3) is 0 Å². The smallest absolute Gasteiger partial charge is 0.0106 e. The average molecular weight is 140 g/mol. The third-order valence-electron chi connectivity index (χ3n) is 3.47. The fourth-order valence-corrected chi connectivity index (χ4v) is 3.33. The van der Waals surface area contributed by atoms with E-state index in [1.807, 2.05) is 0 Å². The monoisotopic (exact) mass is 140 g/mol. The van der Waals surface area contributed by atoms with Gasteiger partial charge >= 0.3 is 0 Å². The molecule has 0 nitrogen and oxygen atoms in total. The molecule has 9 heavy (non-hydrogen) atoms. The van der Waals surface area contributed by atoms with Crippen LogP contribution in [-0.2, 0) is 0 Å². The molecule has 3 aliphatic carbocycles. The first-order valence-electron chi connectivity index (χ1n) is 4.29. The third kappa shape index (κ3) is 0.957. The van der Waals surface area contributed by atoms with E-state index in [0.29, 0.717) is 0 Å². The Morgan fingerprint density at radius 1 is 1.00 bits per heavy atom. The zero-order valence-corrected chi connectivity index (χ0v) is 8.32. The van der Waals surface area contributed by atoms with Gasteiger partial charge < -0.3 is 0 Å². The second-order valence-corrected chi connectivity index (χ2v) is 6.41. The summed E-state index contributed by atoms with van der Waals surface area (Å²) in [7, 11) is 1.47. The van der Waals surface area contributed by atoms with E-state index in [4.69, 9.17) is 0 Å². The van der Waals surface area contributed by atoms with Crippen LogP contribution in [-0.4, -0.2) is 10.2 Å². The van der Waals surface area contributed by atoms with Crippen molar-refractivity contribution in [2.45, 2.75) is 43.6 Å². The van der Waals surface area contributed by atoms with Crippen molar-refractivity contribution < 1.29 is 0 Å². The summed E-state index contributed by atoms with van der Waals surface area (Å²) in [4.78, 5) is 0. The zero-order valence-electron chi connectivity index (χ0n) is 6.32. The van der Waals surface area contributed by atoms with Gasteiger partial charge in [0.15, 0.2) is 0 Å². The Hall–Kier alpha value is 0.217. The molecule has 0 atom stereocenters. The molecule has 3 saturated carbocycles. The lowest BCUT2D eigenvalue weighted by molar-refractivity contribution is 0.190. The molecule has 0 amide bonds. The maximum absolute atomic E-state index is 1.59. The lowest BCUT2D eigenvalue weighted by Crippen LogP contribution is -2.28. The standard InChI is InChI=1S/C8H16Si/c9-8-4-1-7(2-5-8)3-6-8/h7H,1-6H2,9H3. The summed E-state index contributed by atoms with van der Waals surface area (Å²) >= 11 is 0. The SMILES string of the molecule is [SiH3]C12CCC(CC1)CC2. The molecule has 1 heteroatoms. The Balaban J connectivity index is 2.11. The summed E-state index contributed by atoms with van der Waals surface area (Å²) in [5.41, 5.74) is 0. The molecule has 3 rings (SSSR count). The van der Waals surface area contributed by atoms with Crippen molar-refractivity contribution in [3.05, 3.63) is 0 Å². The molecule has 2 bridgehead atoms. The van der Waals surface area contributed by atoms with Crippen molar-refractivity contribution in [2.24, 2.45) is 5.92 Å². The molecule has 0 spiro atoms. The van der Waals surface area contributed by atoms with E-state index in [9.17, 15) is 0 Å². The van der Waals surface area contributed by atoms with Crippen LogP contribution >= 0.6 is 0 Å². The van der Waals surface area contributed by atoms with Gasteiger partial charge in [0.2, 0.25) is 0 Å². The molecule has 0 aromatic rings. The van der Waals surface area contributed by atoms with Gasteiger partial charge in [0, 0.05) is 10.2 Å². The number of fused-ring (bicyclic) bond motifs is 3. The van der Waals surface area contributed by atoms with Crippen molar-refractivity contribution in [1.29, 1.82) is 0 Å². The van der Waals surface area contributed by atoms with Crippen LogP contribution < -0.4 is 0 Å². The molecule has 0 unspecified atom stereocenters. The summed E-state index contributed by atoms with van der Waals surface area (Å²) in [5.74, 6) is 1.15. The van der Waals surface area contributed by atoms with Gasteiger partial charge in [-0.1, -0.05) is 38.5 Å². The molecule has 0 aliphatic heterocycles. The quantitative estimate of drug-likeness (QED) is 0.447. The molecule has 3 fully saturated rings. The van der Waals surface area contributed by atoms with E-state index in [1.165, 1.54) is 10.2 Å². The Morgan fingerprint density at radius 2 is 1.44 bits per heavy atom. The average Bonchev–Trinajstić information content (AvgIpc) is 1.90. The van der Waals surface area contributed by atoms with E-state index in [-0.39, 0.29) is 0 Å². The molecule has 0 N–H and O–H groups in total. The summed E-state index contributed by atoms with van der Waals surface area (Å²) < 4.78 is 0. The van der Waals surface area contributed by atoms with Crippen molar-refractivity contribution in [2.75, 3.05) is 0 Å². The molecule has 52 valence electrons. The highest BCUT2D eigenvalue weighted by atomic mass is 28.1. The predicted octanol–water partition coefficient (Wildman–Crippen LogP) is 1.49. The first-order valence-corrected chi connectivity index (χ1v) is 5.29. The van der Waals surface area contributed by atoms with Crippen molar-refractivity contribution in [3.63, 3.8) is 0 Å². The van der Waals surface area contributed by atoms with Gasteiger partial charge in [-0.3, -0.25) is 0 Å². The highest BCUT2D eigenvalue weighted by molar-refractivity contribution is 6.15. The topological polar surface area (TPSA) is 0 Å². The van der Waals surface area contributed by atoms with Crippen LogP contribution in [0.5, 0.6) is 0 Å². The van der Waals surface area contributed by atoms with E-state index < -0.39 is 0 Å². The van der Waals surface area contributed by atoms with Crippen LogP contribution in [0.1, 0.15) is 38.5 Å². The first kappa shape index (κ1) is 5.96. The molecule has 0 aromatic carbocycles. The van der Waals surface area contributed by atoms with Crippen molar-refractivity contribution in [1.82, 2.24) is 0 Å². The minimum Gasteiger partial charge on any atom is -0.0506 e. The third-order valence-corrected chi connectivity index (χ3v) is 4.97. The number of rotatable bonds is 0. The van der Waals surface area contributed by atoms with Crippen LogP contribution in [0.3, 0.4) is 0 Å². The normalized spacial score (nSPS) is 50.0. The minimum atomic E-state index is 0.925. The van der Waals surface area contributed by atoms with Gasteiger partial charge in [-0.2, -0.15) is 0 Å². The highest BCUT2D eigenvalue weighted by Gasteiger charge is 2.35. The van der Waals surface area contributed by atoms with Gasteiger partial charge in [-0.15, -0.1) is 0 Å². The molecule has 0 aromatic heterocycles. The Kier molecular flexibility index (Phi) is 1.22. The largest absolute Gasteiger partial charge is 0.0506 e. The summed E-state index contributed by atoms with van der Waals surface area (Å²) in [6.07, 6.45) is 9.48. The second kappa shape index (κ2) is 1.85. The Morgan fingerprint density at radius 3 is 1.67 bits per heavy atom. The first-order chi connectivity index (χ1) is 4.29. The van der Waals surface area contributed by atoms with Crippen LogP contribution in [0.4, 0.5) is 0 Å². The molecular weight excluding hydrogens is 124 g/mol. The predicted molar refractivity (Wildman–Crippen MR) is 43.8 cm³/mol. The Labute approximate surface area is 60.5 Å². The lowest BCUT2D eigenvalue weighted by Gasteiger charge is -2.44. The van der Waals surface area contributed by atoms with Gasteiger partial charge in [0.25, 0.3) is 0 Å². The van der Waals surface area contributed by atoms with Gasteiger partial charge in [0.1, 0.15) is 0 Å². The molecule has 0 heterocycles. The van der Waals surface area contributed by atoms with E-state index in [0.717, 1.165) is 11.0 Å². The Bertz CT molecular complexity index is 98.0. The summed E-state index contributed by atoms with van der Waals surface area (Å²) in [6, 6.07) is 0. The van der Waals surface area contributed by atoms with Crippen molar-refractivity contribution in [3.8, 4) is 0 Å². The van der Waals surface area contributed by atoms with E-state index in [1.54, 1.807) is 38.5 Å².